The van der Waals surface area contributed by atoms with Gasteiger partial charge in [0.15, 0.2) is 0 Å². The fourth-order valence-electron chi connectivity index (χ4n) is 2.41. The fraction of sp³-hybridized carbons (Fsp3) is 0.562. The third-order valence-corrected chi connectivity index (χ3v) is 3.71. The molecule has 0 saturated heterocycles. The van der Waals surface area contributed by atoms with E-state index in [0.29, 0.717) is 6.42 Å². The van der Waals surface area contributed by atoms with Gasteiger partial charge in [0, 0.05) is 6.42 Å². The molecule has 0 atom stereocenters. The van der Waals surface area contributed by atoms with Crippen molar-refractivity contribution in [3.8, 4) is 0 Å². The zero-order valence-corrected chi connectivity index (χ0v) is 11.7. The third kappa shape index (κ3) is 4.67. The molecule has 1 fully saturated rings. The minimum atomic E-state index is -0.0218. The maximum Gasteiger partial charge on any atom is 0.243 e. The Hall–Kier alpha value is -1.35. The summed E-state index contributed by atoms with van der Waals surface area (Å²) in [4.78, 5) is 17.1. The van der Waals surface area contributed by atoms with E-state index in [4.69, 9.17) is 4.84 Å². The first-order valence-corrected chi connectivity index (χ1v) is 7.30. The lowest BCUT2D eigenvalue weighted by molar-refractivity contribution is -0.138. The second-order valence-electron chi connectivity index (χ2n) is 5.22. The minimum absolute atomic E-state index is 0.0218. The van der Waals surface area contributed by atoms with Gasteiger partial charge in [-0.25, -0.2) is 5.48 Å². The largest absolute Gasteiger partial charge is 0.273 e. The molecule has 0 radical (unpaired) electrons. The van der Waals surface area contributed by atoms with E-state index in [1.54, 1.807) is 0 Å². The van der Waals surface area contributed by atoms with E-state index >= 15 is 0 Å². The average molecular weight is 261 g/mol. The Morgan fingerprint density at radius 1 is 1.21 bits per heavy atom. The lowest BCUT2D eigenvalue weighted by Crippen LogP contribution is -2.28. The van der Waals surface area contributed by atoms with Gasteiger partial charge in [0.2, 0.25) is 5.91 Å². The highest BCUT2D eigenvalue weighted by Gasteiger charge is 2.16. The van der Waals surface area contributed by atoms with Crippen molar-refractivity contribution < 1.29 is 9.63 Å². The van der Waals surface area contributed by atoms with Crippen LogP contribution in [0.2, 0.25) is 0 Å². The van der Waals surface area contributed by atoms with Gasteiger partial charge in [0.05, 0.1) is 6.10 Å². The van der Waals surface area contributed by atoms with Gasteiger partial charge < -0.3 is 0 Å². The Bertz CT molecular complexity index is 394. The van der Waals surface area contributed by atoms with Crippen molar-refractivity contribution in [2.75, 3.05) is 0 Å². The first-order valence-electron chi connectivity index (χ1n) is 7.30. The number of hydrogen-bond donors (Lipinski definition) is 1. The molecule has 3 heteroatoms. The molecule has 1 aromatic carbocycles. The van der Waals surface area contributed by atoms with Gasteiger partial charge in [-0.3, -0.25) is 9.63 Å². The van der Waals surface area contributed by atoms with E-state index in [-0.39, 0.29) is 12.0 Å². The number of nitrogens with one attached hydrogen (secondary N) is 1. The summed E-state index contributed by atoms with van der Waals surface area (Å²) < 4.78 is 0. The van der Waals surface area contributed by atoms with Gasteiger partial charge in [-0.2, -0.15) is 0 Å². The zero-order chi connectivity index (χ0) is 13.5. The summed E-state index contributed by atoms with van der Waals surface area (Å²) in [5.74, 6) is -0.0218. The predicted octanol–water partition coefficient (Wildman–Crippen LogP) is 3.17. The normalized spacial score (nSPS) is 15.6. The highest BCUT2D eigenvalue weighted by Crippen LogP contribution is 2.19. The van der Waals surface area contributed by atoms with E-state index in [1.807, 2.05) is 0 Å². The molecule has 0 spiro atoms. The molecule has 104 valence electrons. The molecule has 1 amide bonds. The van der Waals surface area contributed by atoms with Crippen molar-refractivity contribution in [3.05, 3.63) is 35.4 Å². The summed E-state index contributed by atoms with van der Waals surface area (Å²) in [5.41, 5.74) is 5.11. The topological polar surface area (TPSA) is 38.3 Å². The number of carbonyl (C=O) groups excluding carboxylic acids is 1. The van der Waals surface area contributed by atoms with Gasteiger partial charge in [0.25, 0.3) is 0 Å². The standard InChI is InChI=1S/C16H23NO2/c1-2-13-7-9-14(10-8-13)11-12-16(18)17-19-15-5-3-4-6-15/h7-10,15H,2-6,11-12H2,1H3,(H,17,18). The lowest BCUT2D eigenvalue weighted by Gasteiger charge is -2.11. The first kappa shape index (κ1) is 14.1. The molecule has 2 rings (SSSR count). The number of aryl methyl sites for hydroxylation is 2. The third-order valence-electron chi connectivity index (χ3n) is 3.71. The summed E-state index contributed by atoms with van der Waals surface area (Å²) in [5, 5.41) is 0. The number of amides is 1. The van der Waals surface area contributed by atoms with Crippen molar-refractivity contribution in [1.82, 2.24) is 5.48 Å². The van der Waals surface area contributed by atoms with Gasteiger partial charge >= 0.3 is 0 Å². The fourth-order valence-corrected chi connectivity index (χ4v) is 2.41. The monoisotopic (exact) mass is 261 g/mol. The van der Waals surface area contributed by atoms with E-state index in [9.17, 15) is 4.79 Å². The van der Waals surface area contributed by atoms with Crippen LogP contribution in [-0.2, 0) is 22.5 Å². The Balaban J connectivity index is 1.67. The summed E-state index contributed by atoms with van der Waals surface area (Å²) in [6, 6.07) is 8.46. The number of hydroxylamine groups is 1. The Morgan fingerprint density at radius 2 is 1.84 bits per heavy atom. The maximum atomic E-state index is 11.7. The van der Waals surface area contributed by atoms with Gasteiger partial charge in [0.1, 0.15) is 0 Å². The molecule has 0 bridgehead atoms. The van der Waals surface area contributed by atoms with Gasteiger partial charge in [-0.05, 0) is 36.8 Å². The van der Waals surface area contributed by atoms with E-state index in [1.165, 1.54) is 24.0 Å². The minimum Gasteiger partial charge on any atom is -0.273 e. The quantitative estimate of drug-likeness (QED) is 0.799. The van der Waals surface area contributed by atoms with Crippen LogP contribution < -0.4 is 5.48 Å². The molecular weight excluding hydrogens is 238 g/mol. The van der Waals surface area contributed by atoms with Crippen LogP contribution in [0.4, 0.5) is 0 Å². The Labute approximate surface area is 115 Å². The smallest absolute Gasteiger partial charge is 0.243 e. The van der Waals surface area contributed by atoms with Gasteiger partial charge in [-0.15, -0.1) is 0 Å². The van der Waals surface area contributed by atoms with Crippen LogP contribution in [0.15, 0.2) is 24.3 Å². The lowest BCUT2D eigenvalue weighted by atomic mass is 10.1. The van der Waals surface area contributed by atoms with Gasteiger partial charge in [-0.1, -0.05) is 44.0 Å². The highest BCUT2D eigenvalue weighted by atomic mass is 16.7. The van der Waals surface area contributed by atoms with Crippen LogP contribution in [-0.4, -0.2) is 12.0 Å². The number of hydrogen-bond acceptors (Lipinski definition) is 2. The second kappa shape index (κ2) is 7.29. The molecule has 1 aliphatic carbocycles. The Morgan fingerprint density at radius 3 is 2.47 bits per heavy atom. The maximum absolute atomic E-state index is 11.7. The van der Waals surface area contributed by atoms with Crippen LogP contribution in [0.25, 0.3) is 0 Å². The van der Waals surface area contributed by atoms with E-state index in [0.717, 1.165) is 25.7 Å². The number of benzene rings is 1. The molecule has 0 aromatic heterocycles. The molecule has 1 aliphatic rings. The van der Waals surface area contributed by atoms with Crippen LogP contribution in [0.5, 0.6) is 0 Å². The molecular formula is C16H23NO2. The first-order chi connectivity index (χ1) is 9.28. The van der Waals surface area contributed by atoms with E-state index in [2.05, 4.69) is 36.7 Å². The van der Waals surface area contributed by atoms with Crippen LogP contribution in [0.1, 0.15) is 50.2 Å². The predicted molar refractivity (Wildman–Crippen MR) is 75.6 cm³/mol. The Kier molecular flexibility index (Phi) is 5.40. The molecule has 1 aromatic rings. The van der Waals surface area contributed by atoms with Crippen LogP contribution >= 0.6 is 0 Å². The van der Waals surface area contributed by atoms with Crippen molar-refractivity contribution in [2.24, 2.45) is 0 Å². The van der Waals surface area contributed by atoms with E-state index < -0.39 is 0 Å². The molecule has 0 heterocycles. The summed E-state index contributed by atoms with van der Waals surface area (Å²) >= 11 is 0. The van der Waals surface area contributed by atoms with Crippen molar-refractivity contribution in [1.29, 1.82) is 0 Å². The molecule has 0 unspecified atom stereocenters. The van der Waals surface area contributed by atoms with Crippen molar-refractivity contribution in [2.45, 2.75) is 58.0 Å². The molecule has 1 N–H and O–H groups in total. The average Bonchev–Trinajstić information content (AvgIpc) is 2.96. The van der Waals surface area contributed by atoms with Crippen LogP contribution in [0.3, 0.4) is 0 Å². The van der Waals surface area contributed by atoms with Crippen LogP contribution in [0, 0.1) is 0 Å². The molecule has 0 aliphatic heterocycles. The number of carbonyl (C=O) groups is 1. The second-order valence-corrected chi connectivity index (χ2v) is 5.22. The molecule has 19 heavy (non-hydrogen) atoms. The summed E-state index contributed by atoms with van der Waals surface area (Å²) in [6.45, 7) is 2.14. The van der Waals surface area contributed by atoms with Crippen molar-refractivity contribution in [3.63, 3.8) is 0 Å². The SMILES string of the molecule is CCc1ccc(CCC(=O)NOC2CCCC2)cc1. The molecule has 1 saturated carbocycles. The highest BCUT2D eigenvalue weighted by molar-refractivity contribution is 5.75. The zero-order valence-electron chi connectivity index (χ0n) is 11.7. The van der Waals surface area contributed by atoms with Crippen molar-refractivity contribution >= 4 is 5.91 Å². The summed E-state index contributed by atoms with van der Waals surface area (Å²) in [7, 11) is 0. The number of rotatable bonds is 6. The molecule has 3 nitrogen and oxygen atoms in total. The summed E-state index contributed by atoms with van der Waals surface area (Å²) in [6.07, 6.45) is 7.09.